The van der Waals surface area contributed by atoms with E-state index < -0.39 is 15.9 Å². The summed E-state index contributed by atoms with van der Waals surface area (Å²) in [6, 6.07) is 7.00. The zero-order valence-electron chi connectivity index (χ0n) is 13.0. The summed E-state index contributed by atoms with van der Waals surface area (Å²) in [7, 11) is -3.86. The lowest BCUT2D eigenvalue weighted by molar-refractivity contribution is 0.102. The van der Waals surface area contributed by atoms with Gasteiger partial charge >= 0.3 is 0 Å². The minimum Gasteiger partial charge on any atom is -0.321 e. The molecule has 2 N–H and O–H groups in total. The van der Waals surface area contributed by atoms with Crippen LogP contribution in [0.25, 0.3) is 0 Å². The van der Waals surface area contributed by atoms with Gasteiger partial charge in [0.2, 0.25) is 10.0 Å². The van der Waals surface area contributed by atoms with E-state index in [4.69, 9.17) is 46.4 Å². The molecule has 0 bridgehead atoms. The first-order chi connectivity index (χ1) is 12.2. The van der Waals surface area contributed by atoms with Gasteiger partial charge in [-0.2, -0.15) is 0 Å². The van der Waals surface area contributed by atoms with Crippen LogP contribution in [-0.4, -0.2) is 20.4 Å². The van der Waals surface area contributed by atoms with Crippen LogP contribution in [0.5, 0.6) is 0 Å². The summed E-state index contributed by atoms with van der Waals surface area (Å²) in [5, 5.41) is 2.93. The molecule has 1 fully saturated rings. The van der Waals surface area contributed by atoms with E-state index in [-0.39, 0.29) is 42.3 Å². The predicted octanol–water partition coefficient (Wildman–Crippen LogP) is 4.99. The van der Waals surface area contributed by atoms with Gasteiger partial charge in [0.25, 0.3) is 5.91 Å². The van der Waals surface area contributed by atoms with Crippen molar-refractivity contribution in [3.05, 3.63) is 56.0 Å². The summed E-state index contributed by atoms with van der Waals surface area (Å²) < 4.78 is 27.4. The molecule has 3 rings (SSSR count). The number of hydrogen-bond acceptors (Lipinski definition) is 3. The number of benzene rings is 2. The van der Waals surface area contributed by atoms with E-state index >= 15 is 0 Å². The maximum Gasteiger partial charge on any atom is 0.257 e. The Morgan fingerprint density at radius 2 is 1.69 bits per heavy atom. The first-order valence-electron chi connectivity index (χ1n) is 7.46. The van der Waals surface area contributed by atoms with E-state index in [0.29, 0.717) is 0 Å². The highest BCUT2D eigenvalue weighted by molar-refractivity contribution is 7.89. The SMILES string of the molecule is O=C(Nc1cccc(Cl)c1Cl)c1cc(S(=O)(=O)NC2CC2)c(Cl)cc1Cl. The monoisotopic (exact) mass is 452 g/mol. The molecule has 1 aliphatic carbocycles. The van der Waals surface area contributed by atoms with Crippen LogP contribution in [0.15, 0.2) is 35.2 Å². The number of nitrogens with one attached hydrogen (secondary N) is 2. The zero-order valence-corrected chi connectivity index (χ0v) is 16.9. The largest absolute Gasteiger partial charge is 0.321 e. The molecular weight excluding hydrogens is 442 g/mol. The summed E-state index contributed by atoms with van der Waals surface area (Å²) >= 11 is 24.1. The summed E-state index contributed by atoms with van der Waals surface area (Å²) in [5.74, 6) is -0.640. The van der Waals surface area contributed by atoms with Gasteiger partial charge in [-0.15, -0.1) is 0 Å². The van der Waals surface area contributed by atoms with E-state index in [1.165, 1.54) is 6.07 Å². The highest BCUT2D eigenvalue weighted by Gasteiger charge is 2.30. The number of hydrogen-bond donors (Lipinski definition) is 2. The van der Waals surface area contributed by atoms with Crippen molar-refractivity contribution in [2.45, 2.75) is 23.8 Å². The fourth-order valence-corrected chi connectivity index (χ4v) is 4.69. The third-order valence-electron chi connectivity index (χ3n) is 3.65. The first kappa shape index (κ1) is 19.7. The van der Waals surface area contributed by atoms with Gasteiger partial charge in [-0.05, 0) is 37.1 Å². The lowest BCUT2D eigenvalue weighted by atomic mass is 10.2. The number of halogens is 4. The molecule has 2 aromatic carbocycles. The van der Waals surface area contributed by atoms with Crippen LogP contribution in [0.1, 0.15) is 23.2 Å². The topological polar surface area (TPSA) is 75.3 Å². The third kappa shape index (κ3) is 4.27. The van der Waals surface area contributed by atoms with Crippen molar-refractivity contribution in [3.63, 3.8) is 0 Å². The first-order valence-corrected chi connectivity index (χ1v) is 10.5. The van der Waals surface area contributed by atoms with E-state index in [0.717, 1.165) is 18.9 Å². The Kier molecular flexibility index (Phi) is 5.72. The Morgan fingerprint density at radius 3 is 2.35 bits per heavy atom. The molecule has 0 radical (unpaired) electrons. The Hall–Kier alpha value is -1.02. The van der Waals surface area contributed by atoms with E-state index in [9.17, 15) is 13.2 Å². The molecule has 2 aromatic rings. The molecule has 0 atom stereocenters. The molecule has 1 saturated carbocycles. The second kappa shape index (κ2) is 7.54. The molecular formula is C16H12Cl4N2O3S. The number of rotatable bonds is 5. The molecule has 0 saturated heterocycles. The van der Waals surface area contributed by atoms with Crippen LogP contribution in [0, 0.1) is 0 Å². The van der Waals surface area contributed by atoms with E-state index in [1.807, 2.05) is 0 Å². The molecule has 138 valence electrons. The van der Waals surface area contributed by atoms with Gasteiger partial charge in [-0.1, -0.05) is 52.5 Å². The molecule has 26 heavy (non-hydrogen) atoms. The fraction of sp³-hybridized carbons (Fsp3) is 0.188. The molecule has 10 heteroatoms. The highest BCUT2D eigenvalue weighted by atomic mass is 35.5. The van der Waals surface area contributed by atoms with Crippen LogP contribution in [0.2, 0.25) is 20.1 Å². The van der Waals surface area contributed by atoms with Crippen molar-refractivity contribution in [1.82, 2.24) is 4.72 Å². The quantitative estimate of drug-likeness (QED) is 0.669. The van der Waals surface area contributed by atoms with Crippen molar-refractivity contribution in [2.75, 3.05) is 5.32 Å². The van der Waals surface area contributed by atoms with Crippen molar-refractivity contribution < 1.29 is 13.2 Å². The normalized spacial score (nSPS) is 14.3. The van der Waals surface area contributed by atoms with Crippen molar-refractivity contribution in [1.29, 1.82) is 0 Å². The van der Waals surface area contributed by atoms with Crippen molar-refractivity contribution in [3.8, 4) is 0 Å². The summed E-state index contributed by atoms with van der Waals surface area (Å²) in [6.45, 7) is 0. The van der Waals surface area contributed by atoms with Crippen LogP contribution in [0.3, 0.4) is 0 Å². The van der Waals surface area contributed by atoms with Gasteiger partial charge < -0.3 is 5.32 Å². The van der Waals surface area contributed by atoms with Gasteiger partial charge in [0.1, 0.15) is 4.90 Å². The van der Waals surface area contributed by atoms with Crippen LogP contribution in [0.4, 0.5) is 5.69 Å². The van der Waals surface area contributed by atoms with E-state index in [2.05, 4.69) is 10.0 Å². The second-order valence-electron chi connectivity index (χ2n) is 5.71. The Bertz CT molecular complexity index is 991. The van der Waals surface area contributed by atoms with Gasteiger partial charge in [-0.25, -0.2) is 13.1 Å². The second-order valence-corrected chi connectivity index (χ2v) is 9.00. The summed E-state index contributed by atoms with van der Waals surface area (Å²) in [6.07, 6.45) is 1.54. The van der Waals surface area contributed by atoms with Crippen LogP contribution < -0.4 is 10.0 Å². The van der Waals surface area contributed by atoms with E-state index in [1.54, 1.807) is 18.2 Å². The molecule has 1 aliphatic rings. The molecule has 0 spiro atoms. The number of carbonyl (C=O) groups excluding carboxylic acids is 1. The minimum atomic E-state index is -3.86. The average Bonchev–Trinajstić information content (AvgIpc) is 3.34. The molecule has 0 aliphatic heterocycles. The highest BCUT2D eigenvalue weighted by Crippen LogP contribution is 2.33. The summed E-state index contributed by atoms with van der Waals surface area (Å²) in [4.78, 5) is 12.4. The third-order valence-corrected chi connectivity index (χ3v) is 6.77. The fourth-order valence-electron chi connectivity index (χ4n) is 2.18. The Morgan fingerprint density at radius 1 is 1.00 bits per heavy atom. The predicted molar refractivity (Wildman–Crippen MR) is 104 cm³/mol. The van der Waals surface area contributed by atoms with Gasteiger partial charge in [-0.3, -0.25) is 4.79 Å². The Labute approximate surface area is 170 Å². The average molecular weight is 454 g/mol. The number of sulfonamides is 1. The number of anilines is 1. The lowest BCUT2D eigenvalue weighted by Crippen LogP contribution is -2.26. The van der Waals surface area contributed by atoms with Crippen molar-refractivity contribution >= 4 is 68.0 Å². The van der Waals surface area contributed by atoms with Gasteiger partial charge in [0.05, 0.1) is 31.3 Å². The molecule has 0 heterocycles. The van der Waals surface area contributed by atoms with Crippen LogP contribution >= 0.6 is 46.4 Å². The summed E-state index contributed by atoms with van der Waals surface area (Å²) in [5.41, 5.74) is 0.221. The molecule has 1 amide bonds. The van der Waals surface area contributed by atoms with Crippen LogP contribution in [-0.2, 0) is 10.0 Å². The van der Waals surface area contributed by atoms with Gasteiger partial charge in [0, 0.05) is 6.04 Å². The lowest BCUT2D eigenvalue weighted by Gasteiger charge is -2.12. The number of carbonyl (C=O) groups is 1. The van der Waals surface area contributed by atoms with Crippen molar-refractivity contribution in [2.24, 2.45) is 0 Å². The maximum absolute atomic E-state index is 12.6. The van der Waals surface area contributed by atoms with Gasteiger partial charge in [0.15, 0.2) is 0 Å². The smallest absolute Gasteiger partial charge is 0.257 e. The zero-order chi connectivity index (χ0) is 19.1. The maximum atomic E-state index is 12.6. The Balaban J connectivity index is 1.95. The standard InChI is InChI=1S/C16H12Cl4N2O3S/c17-10-2-1-3-13(15(10)20)21-16(23)9-6-14(12(19)7-11(9)18)26(24,25)22-8-4-5-8/h1-3,6-8,22H,4-5H2,(H,21,23). The number of amides is 1. The minimum absolute atomic E-state index is 0.0102. The molecule has 5 nitrogen and oxygen atoms in total. The molecule has 0 unspecified atom stereocenters. The molecule has 0 aromatic heterocycles.